The van der Waals surface area contributed by atoms with E-state index in [1.807, 2.05) is 6.92 Å². The summed E-state index contributed by atoms with van der Waals surface area (Å²) in [5.41, 5.74) is 0.161. The molecule has 138 valence electrons. The number of carbonyl (C=O) groups is 2. The van der Waals surface area contributed by atoms with Gasteiger partial charge in [-0.1, -0.05) is 6.92 Å². The number of rotatable bonds is 5. The van der Waals surface area contributed by atoms with Crippen LogP contribution in [-0.2, 0) is 19.6 Å². The van der Waals surface area contributed by atoms with Crippen molar-refractivity contribution in [1.82, 2.24) is 4.31 Å². The molecule has 1 aliphatic heterocycles. The van der Waals surface area contributed by atoms with Gasteiger partial charge in [-0.05, 0) is 30.5 Å². The van der Waals surface area contributed by atoms with E-state index in [0.717, 1.165) is 4.31 Å². The quantitative estimate of drug-likeness (QED) is 0.775. The third-order valence-electron chi connectivity index (χ3n) is 4.18. The standard InChI is InChI=1S/C16H21NO7S/c1-10-6-12(15(18)19)9-17(8-10)25(21,22)14-5-4-11(16(20)24-3)7-13(14)23-2/h4-5,7,10,12H,6,8-9H2,1-3H3,(H,18,19). The second kappa shape index (κ2) is 7.40. The molecule has 1 aliphatic rings. The summed E-state index contributed by atoms with van der Waals surface area (Å²) in [5.74, 6) is -2.45. The van der Waals surface area contributed by atoms with E-state index in [2.05, 4.69) is 4.74 Å². The van der Waals surface area contributed by atoms with E-state index in [1.165, 1.54) is 32.4 Å². The number of sulfonamides is 1. The number of ether oxygens (including phenoxy) is 2. The lowest BCUT2D eigenvalue weighted by Gasteiger charge is -2.34. The van der Waals surface area contributed by atoms with Crippen molar-refractivity contribution in [3.05, 3.63) is 23.8 Å². The third-order valence-corrected chi connectivity index (χ3v) is 6.05. The highest BCUT2D eigenvalue weighted by atomic mass is 32.2. The van der Waals surface area contributed by atoms with Gasteiger partial charge < -0.3 is 14.6 Å². The normalized spacial score (nSPS) is 21.6. The van der Waals surface area contributed by atoms with Crippen LogP contribution >= 0.6 is 0 Å². The molecular weight excluding hydrogens is 350 g/mol. The molecule has 1 heterocycles. The minimum Gasteiger partial charge on any atom is -0.495 e. The first-order valence-electron chi connectivity index (χ1n) is 7.70. The van der Waals surface area contributed by atoms with Gasteiger partial charge in [-0.2, -0.15) is 4.31 Å². The van der Waals surface area contributed by atoms with Gasteiger partial charge in [0.05, 0.1) is 25.7 Å². The molecule has 0 bridgehead atoms. The smallest absolute Gasteiger partial charge is 0.337 e. The average Bonchev–Trinajstić information content (AvgIpc) is 2.59. The molecule has 25 heavy (non-hydrogen) atoms. The molecule has 1 aromatic carbocycles. The average molecular weight is 371 g/mol. The zero-order chi connectivity index (χ0) is 18.8. The number of hydrogen-bond acceptors (Lipinski definition) is 6. The van der Waals surface area contributed by atoms with Crippen molar-refractivity contribution in [1.29, 1.82) is 0 Å². The van der Waals surface area contributed by atoms with E-state index in [4.69, 9.17) is 4.74 Å². The number of esters is 1. The summed E-state index contributed by atoms with van der Waals surface area (Å²) in [6.45, 7) is 1.95. The van der Waals surface area contributed by atoms with Crippen LogP contribution in [0.4, 0.5) is 0 Å². The lowest BCUT2D eigenvalue weighted by molar-refractivity contribution is -0.143. The van der Waals surface area contributed by atoms with Crippen LogP contribution in [0.15, 0.2) is 23.1 Å². The number of methoxy groups -OCH3 is 2. The topological polar surface area (TPSA) is 110 Å². The number of carbonyl (C=O) groups excluding carboxylic acids is 1. The molecule has 0 saturated carbocycles. The summed E-state index contributed by atoms with van der Waals surface area (Å²) < 4.78 is 36.8. The van der Waals surface area contributed by atoms with Crippen LogP contribution in [-0.4, -0.2) is 57.1 Å². The highest BCUT2D eigenvalue weighted by Gasteiger charge is 2.37. The Hall–Kier alpha value is -2.13. The number of nitrogens with zero attached hydrogens (tertiary/aromatic N) is 1. The fraction of sp³-hybridized carbons (Fsp3) is 0.500. The Morgan fingerprint density at radius 3 is 2.48 bits per heavy atom. The number of carboxylic acid groups (broad SMARTS) is 1. The van der Waals surface area contributed by atoms with Gasteiger partial charge in [-0.3, -0.25) is 4.79 Å². The van der Waals surface area contributed by atoms with Crippen molar-refractivity contribution in [2.24, 2.45) is 11.8 Å². The maximum absolute atomic E-state index is 13.0. The number of benzene rings is 1. The molecule has 1 N–H and O–H groups in total. The molecule has 2 atom stereocenters. The first-order chi connectivity index (χ1) is 11.7. The molecule has 1 fully saturated rings. The fourth-order valence-electron chi connectivity index (χ4n) is 2.94. The van der Waals surface area contributed by atoms with Crippen LogP contribution in [0.5, 0.6) is 5.75 Å². The first kappa shape index (κ1) is 19.2. The Morgan fingerprint density at radius 2 is 1.92 bits per heavy atom. The van der Waals surface area contributed by atoms with E-state index in [-0.39, 0.29) is 35.2 Å². The van der Waals surface area contributed by atoms with E-state index in [9.17, 15) is 23.1 Å². The SMILES string of the molecule is COC(=O)c1ccc(S(=O)(=O)N2CC(C)CC(C(=O)O)C2)c(OC)c1. The molecule has 8 nitrogen and oxygen atoms in total. The minimum absolute atomic E-state index is 0.00741. The van der Waals surface area contributed by atoms with E-state index in [1.54, 1.807) is 0 Å². The molecule has 9 heteroatoms. The summed E-state index contributed by atoms with van der Waals surface area (Å²) in [5, 5.41) is 9.24. The molecule has 1 aromatic rings. The molecule has 0 amide bonds. The Balaban J connectivity index is 2.41. The second-order valence-corrected chi connectivity index (χ2v) is 7.96. The second-order valence-electron chi connectivity index (χ2n) is 6.06. The summed E-state index contributed by atoms with van der Waals surface area (Å²) in [4.78, 5) is 22.8. The van der Waals surface area contributed by atoms with Crippen molar-refractivity contribution in [2.75, 3.05) is 27.3 Å². The van der Waals surface area contributed by atoms with Gasteiger partial charge in [-0.25, -0.2) is 13.2 Å². The van der Waals surface area contributed by atoms with Gasteiger partial charge >= 0.3 is 11.9 Å². The van der Waals surface area contributed by atoms with Crippen LogP contribution in [0.1, 0.15) is 23.7 Å². The van der Waals surface area contributed by atoms with Crippen molar-refractivity contribution in [3.63, 3.8) is 0 Å². The Bertz CT molecular complexity index is 775. The minimum atomic E-state index is -3.96. The monoisotopic (exact) mass is 371 g/mol. The van der Waals surface area contributed by atoms with Crippen molar-refractivity contribution >= 4 is 22.0 Å². The van der Waals surface area contributed by atoms with Crippen LogP contribution < -0.4 is 4.74 Å². The van der Waals surface area contributed by atoms with Gasteiger partial charge in [0.1, 0.15) is 10.6 Å². The zero-order valence-electron chi connectivity index (χ0n) is 14.3. The first-order valence-corrected chi connectivity index (χ1v) is 9.14. The van der Waals surface area contributed by atoms with Crippen LogP contribution in [0.3, 0.4) is 0 Å². The van der Waals surface area contributed by atoms with Gasteiger partial charge in [0.15, 0.2) is 0 Å². The zero-order valence-corrected chi connectivity index (χ0v) is 15.1. The predicted molar refractivity (Wildman–Crippen MR) is 88.0 cm³/mol. The maximum atomic E-state index is 13.0. The number of piperidine rings is 1. The summed E-state index contributed by atoms with van der Waals surface area (Å²) in [6.07, 6.45) is 0.430. The molecule has 1 saturated heterocycles. The van der Waals surface area contributed by atoms with Gasteiger partial charge in [-0.15, -0.1) is 0 Å². The molecule has 0 aliphatic carbocycles. The molecule has 2 unspecified atom stereocenters. The Morgan fingerprint density at radius 1 is 1.24 bits per heavy atom. The molecular formula is C16H21NO7S. The Kier molecular flexibility index (Phi) is 5.69. The number of aliphatic carboxylic acids is 1. The lowest BCUT2D eigenvalue weighted by atomic mass is 9.92. The van der Waals surface area contributed by atoms with Crippen molar-refractivity contribution < 1.29 is 32.6 Å². The van der Waals surface area contributed by atoms with E-state index < -0.39 is 27.9 Å². The molecule has 0 aromatic heterocycles. The van der Waals surface area contributed by atoms with Crippen LogP contribution in [0.25, 0.3) is 0 Å². The predicted octanol–water partition coefficient (Wildman–Crippen LogP) is 1.21. The van der Waals surface area contributed by atoms with E-state index >= 15 is 0 Å². The molecule has 0 spiro atoms. The van der Waals surface area contributed by atoms with Gasteiger partial charge in [0.25, 0.3) is 0 Å². The fourth-order valence-corrected chi connectivity index (χ4v) is 4.68. The summed E-state index contributed by atoms with van der Waals surface area (Å²) in [7, 11) is -1.44. The molecule has 2 rings (SSSR count). The van der Waals surface area contributed by atoms with Crippen molar-refractivity contribution in [2.45, 2.75) is 18.2 Å². The summed E-state index contributed by atoms with van der Waals surface area (Å²) in [6, 6.07) is 3.90. The number of hydrogen-bond donors (Lipinski definition) is 1. The summed E-state index contributed by atoms with van der Waals surface area (Å²) >= 11 is 0. The Labute approximate surface area is 146 Å². The third kappa shape index (κ3) is 3.93. The van der Waals surface area contributed by atoms with Gasteiger partial charge in [0.2, 0.25) is 10.0 Å². The number of carboxylic acids is 1. The molecule has 0 radical (unpaired) electrons. The van der Waals surface area contributed by atoms with Gasteiger partial charge in [0, 0.05) is 13.1 Å². The highest BCUT2D eigenvalue weighted by molar-refractivity contribution is 7.89. The largest absolute Gasteiger partial charge is 0.495 e. The van der Waals surface area contributed by atoms with Crippen LogP contribution in [0, 0.1) is 11.8 Å². The highest BCUT2D eigenvalue weighted by Crippen LogP contribution is 2.32. The van der Waals surface area contributed by atoms with Crippen LogP contribution in [0.2, 0.25) is 0 Å². The maximum Gasteiger partial charge on any atom is 0.337 e. The van der Waals surface area contributed by atoms with Crippen molar-refractivity contribution in [3.8, 4) is 5.75 Å². The lowest BCUT2D eigenvalue weighted by Crippen LogP contribution is -2.45. The van der Waals surface area contributed by atoms with E-state index in [0.29, 0.717) is 6.42 Å².